The lowest BCUT2D eigenvalue weighted by atomic mass is 9.76. The first-order chi connectivity index (χ1) is 13.1. The van der Waals surface area contributed by atoms with Crippen molar-refractivity contribution in [2.75, 3.05) is 13.1 Å². The number of nitrogens with one attached hydrogen (secondary N) is 1. The molecular formula is C21H25N3O3. The third kappa shape index (κ3) is 3.85. The van der Waals surface area contributed by atoms with Crippen LogP contribution < -0.4 is 5.32 Å². The van der Waals surface area contributed by atoms with Crippen molar-refractivity contribution >= 4 is 17.8 Å². The van der Waals surface area contributed by atoms with Crippen molar-refractivity contribution in [3.8, 4) is 5.75 Å². The normalized spacial score (nSPS) is 18.5. The molecule has 2 heterocycles. The van der Waals surface area contributed by atoms with Gasteiger partial charge in [-0.3, -0.25) is 15.1 Å². The topological polar surface area (TPSA) is 88.3 Å². The number of fused-ring (bicyclic) bond motifs is 2. The van der Waals surface area contributed by atoms with Crippen molar-refractivity contribution in [3.05, 3.63) is 63.0 Å². The lowest BCUT2D eigenvalue weighted by Gasteiger charge is -2.31. The van der Waals surface area contributed by atoms with Crippen LogP contribution in [0.4, 0.5) is 5.69 Å². The molecular weight excluding hydrogens is 342 g/mol. The van der Waals surface area contributed by atoms with E-state index in [1.165, 1.54) is 6.20 Å². The summed E-state index contributed by atoms with van der Waals surface area (Å²) in [5.74, 6) is 0.706. The summed E-state index contributed by atoms with van der Waals surface area (Å²) < 4.78 is 0. The molecule has 1 saturated heterocycles. The minimum absolute atomic E-state index is 0.00117. The minimum Gasteiger partial charge on any atom is -0.508 e. The number of benzene rings is 1. The highest BCUT2D eigenvalue weighted by Crippen LogP contribution is 2.42. The fraction of sp³-hybridized carbons (Fsp3) is 0.381. The van der Waals surface area contributed by atoms with E-state index in [-0.39, 0.29) is 17.4 Å². The number of aromatic nitrogens is 1. The van der Waals surface area contributed by atoms with Gasteiger partial charge in [-0.05, 0) is 55.1 Å². The van der Waals surface area contributed by atoms with Gasteiger partial charge in [-0.1, -0.05) is 32.1 Å². The van der Waals surface area contributed by atoms with Gasteiger partial charge >= 0.3 is 0 Å². The van der Waals surface area contributed by atoms with E-state index in [4.69, 9.17) is 0 Å². The van der Waals surface area contributed by atoms with Crippen LogP contribution in [0, 0.1) is 16.0 Å². The fourth-order valence-corrected chi connectivity index (χ4v) is 3.95. The molecule has 1 fully saturated rings. The maximum Gasteiger partial charge on any atom is 0.288 e. The molecule has 1 aliphatic carbocycles. The van der Waals surface area contributed by atoms with Crippen molar-refractivity contribution in [3.63, 3.8) is 0 Å². The fourth-order valence-electron chi connectivity index (χ4n) is 3.95. The number of phenolic OH excluding ortho intramolecular Hbond substituents is 1. The Morgan fingerprint density at radius 2 is 1.85 bits per heavy atom. The number of nitro groups is 1. The average molecular weight is 367 g/mol. The van der Waals surface area contributed by atoms with Gasteiger partial charge in [0.25, 0.3) is 5.69 Å². The Kier molecular flexibility index (Phi) is 5.86. The molecule has 6 nitrogen and oxygen atoms in total. The second-order valence-electron chi connectivity index (χ2n) is 6.64. The maximum atomic E-state index is 11.1. The number of hydrogen-bond donors (Lipinski definition) is 2. The number of hydrogen-bond acceptors (Lipinski definition) is 5. The van der Waals surface area contributed by atoms with Gasteiger partial charge in [0.1, 0.15) is 11.9 Å². The van der Waals surface area contributed by atoms with Crippen molar-refractivity contribution in [2.24, 2.45) is 5.92 Å². The van der Waals surface area contributed by atoms with E-state index < -0.39 is 4.92 Å². The maximum absolute atomic E-state index is 11.1. The van der Waals surface area contributed by atoms with E-state index in [1.807, 2.05) is 32.1 Å². The highest BCUT2D eigenvalue weighted by molar-refractivity contribution is 5.77. The second-order valence-corrected chi connectivity index (χ2v) is 6.64. The van der Waals surface area contributed by atoms with E-state index in [2.05, 4.69) is 10.3 Å². The van der Waals surface area contributed by atoms with Crippen molar-refractivity contribution in [2.45, 2.75) is 32.6 Å². The average Bonchev–Trinajstić information content (AvgIpc) is 2.86. The molecule has 1 aliphatic heterocycles. The number of rotatable bonds is 2. The Labute approximate surface area is 159 Å². The molecule has 2 aliphatic rings. The largest absolute Gasteiger partial charge is 0.508 e. The molecule has 2 aromatic rings. The molecule has 0 radical (unpaired) electrons. The van der Waals surface area contributed by atoms with Gasteiger partial charge in [-0.15, -0.1) is 0 Å². The Morgan fingerprint density at radius 3 is 2.56 bits per heavy atom. The van der Waals surface area contributed by atoms with Gasteiger partial charge in [0.2, 0.25) is 0 Å². The van der Waals surface area contributed by atoms with Crippen LogP contribution in [0.15, 0.2) is 30.5 Å². The molecule has 0 spiro atoms. The zero-order chi connectivity index (χ0) is 19.4. The monoisotopic (exact) mass is 367 g/mol. The smallest absolute Gasteiger partial charge is 0.288 e. The molecule has 142 valence electrons. The molecule has 1 atom stereocenters. The summed E-state index contributed by atoms with van der Waals surface area (Å²) in [7, 11) is 0. The lowest BCUT2D eigenvalue weighted by molar-refractivity contribution is -0.385. The Balaban J connectivity index is 0.00000102. The predicted molar refractivity (Wildman–Crippen MR) is 107 cm³/mol. The van der Waals surface area contributed by atoms with E-state index in [1.54, 1.807) is 18.2 Å². The summed E-state index contributed by atoms with van der Waals surface area (Å²) in [4.78, 5) is 15.2. The highest BCUT2D eigenvalue weighted by atomic mass is 16.6. The molecule has 27 heavy (non-hydrogen) atoms. The first kappa shape index (κ1) is 19.0. The summed E-state index contributed by atoms with van der Waals surface area (Å²) >= 11 is 0. The Morgan fingerprint density at radius 1 is 1.15 bits per heavy atom. The summed E-state index contributed by atoms with van der Waals surface area (Å²) in [6.07, 6.45) is 7.20. The zero-order valence-corrected chi connectivity index (χ0v) is 15.7. The molecule has 4 rings (SSSR count). The zero-order valence-electron chi connectivity index (χ0n) is 15.7. The second kappa shape index (κ2) is 8.31. The van der Waals surface area contributed by atoms with Crippen molar-refractivity contribution in [1.82, 2.24) is 10.3 Å². The van der Waals surface area contributed by atoms with Crippen LogP contribution in [0.25, 0.3) is 12.2 Å². The van der Waals surface area contributed by atoms with Crippen LogP contribution in [-0.4, -0.2) is 28.1 Å². The standard InChI is InChI=1S/C19H19N3O3.C2H6/c23-16-3-4-17-13(10-16)1-2-14-9-15(22(24)25)11-21-19(14)18(17)12-5-7-20-8-6-12;1-2/h1-4,9-12,18,20,23H,5-8H2;1-2H3. The van der Waals surface area contributed by atoms with Gasteiger partial charge in [-0.25, -0.2) is 0 Å². The van der Waals surface area contributed by atoms with Gasteiger partial charge in [0.05, 0.1) is 10.6 Å². The highest BCUT2D eigenvalue weighted by Gasteiger charge is 2.32. The number of pyridine rings is 1. The summed E-state index contributed by atoms with van der Waals surface area (Å²) in [6, 6.07) is 7.01. The van der Waals surface area contributed by atoms with Crippen LogP contribution in [0.5, 0.6) is 5.75 Å². The van der Waals surface area contributed by atoms with Crippen LogP contribution in [0.3, 0.4) is 0 Å². The number of aromatic hydroxyl groups is 1. The molecule has 1 aromatic heterocycles. The number of nitrogens with zero attached hydrogens (tertiary/aromatic N) is 2. The van der Waals surface area contributed by atoms with Gasteiger partial charge in [-0.2, -0.15) is 0 Å². The summed E-state index contributed by atoms with van der Waals surface area (Å²) in [5.41, 5.74) is 3.75. The van der Waals surface area contributed by atoms with Crippen LogP contribution >= 0.6 is 0 Å². The van der Waals surface area contributed by atoms with E-state index >= 15 is 0 Å². The first-order valence-electron chi connectivity index (χ1n) is 9.49. The van der Waals surface area contributed by atoms with Crippen molar-refractivity contribution < 1.29 is 10.0 Å². The third-order valence-corrected chi connectivity index (χ3v) is 5.14. The quantitative estimate of drug-likeness (QED) is 0.609. The van der Waals surface area contributed by atoms with Crippen LogP contribution in [-0.2, 0) is 0 Å². The lowest BCUT2D eigenvalue weighted by Crippen LogP contribution is -2.31. The molecule has 1 unspecified atom stereocenters. The predicted octanol–water partition coefficient (Wildman–Crippen LogP) is 4.34. The van der Waals surface area contributed by atoms with E-state index in [0.717, 1.165) is 48.3 Å². The van der Waals surface area contributed by atoms with Crippen LogP contribution in [0.1, 0.15) is 55.0 Å². The van der Waals surface area contributed by atoms with Crippen LogP contribution in [0.2, 0.25) is 0 Å². The number of piperidine rings is 1. The molecule has 6 heteroatoms. The number of phenols is 1. The Bertz CT molecular complexity index is 858. The Hall–Kier alpha value is -2.73. The van der Waals surface area contributed by atoms with E-state index in [0.29, 0.717) is 5.92 Å². The third-order valence-electron chi connectivity index (χ3n) is 5.14. The molecule has 1 aromatic carbocycles. The summed E-state index contributed by atoms with van der Waals surface area (Å²) in [6.45, 7) is 5.93. The molecule has 2 N–H and O–H groups in total. The summed E-state index contributed by atoms with van der Waals surface area (Å²) in [5, 5.41) is 24.4. The van der Waals surface area contributed by atoms with Gasteiger partial charge in [0.15, 0.2) is 0 Å². The van der Waals surface area contributed by atoms with Gasteiger partial charge < -0.3 is 10.4 Å². The van der Waals surface area contributed by atoms with E-state index in [9.17, 15) is 15.2 Å². The molecule has 0 saturated carbocycles. The SMILES string of the molecule is CC.O=[N+]([O-])c1cnc2c(c1)C=Cc1cc(O)ccc1C2C1CCNCC1. The first-order valence-corrected chi connectivity index (χ1v) is 9.49. The van der Waals surface area contributed by atoms with Gasteiger partial charge in [0, 0.05) is 17.5 Å². The van der Waals surface area contributed by atoms with Crippen molar-refractivity contribution in [1.29, 1.82) is 0 Å². The molecule has 0 amide bonds. The molecule has 0 bridgehead atoms. The minimum atomic E-state index is -0.412.